The summed E-state index contributed by atoms with van der Waals surface area (Å²) in [7, 11) is 0. The molecule has 1 aliphatic rings. The number of carbonyl (C=O) groups is 1. The van der Waals surface area contributed by atoms with Crippen molar-refractivity contribution in [1.82, 2.24) is 4.98 Å². The molecule has 1 aromatic rings. The van der Waals surface area contributed by atoms with Crippen LogP contribution in [0.5, 0.6) is 0 Å². The van der Waals surface area contributed by atoms with Gasteiger partial charge in [-0.15, -0.1) is 0 Å². The van der Waals surface area contributed by atoms with Crippen molar-refractivity contribution in [3.8, 4) is 0 Å². The van der Waals surface area contributed by atoms with Crippen molar-refractivity contribution >= 4 is 5.97 Å². The second kappa shape index (κ2) is 3.06. The smallest absolute Gasteiger partial charge is 0.314 e. The monoisotopic (exact) mass is 193 g/mol. The van der Waals surface area contributed by atoms with Gasteiger partial charge in [-0.3, -0.25) is 9.78 Å². The number of carboxylic acids is 1. The highest BCUT2D eigenvalue weighted by atomic mass is 16.4. The average molecular weight is 193 g/mol. The van der Waals surface area contributed by atoms with Crippen LogP contribution in [0, 0.1) is 5.92 Å². The number of aromatic nitrogens is 1. The van der Waals surface area contributed by atoms with Crippen LogP contribution in [0.25, 0.3) is 0 Å². The molecule has 0 aromatic carbocycles. The molecule has 2 rings (SSSR count). The van der Waals surface area contributed by atoms with E-state index in [1.807, 2.05) is 0 Å². The Hall–Kier alpha value is -1.42. The Morgan fingerprint density at radius 2 is 2.21 bits per heavy atom. The number of aliphatic hydroxyl groups excluding tert-OH is 1. The highest BCUT2D eigenvalue weighted by Gasteiger charge is 2.61. The zero-order valence-corrected chi connectivity index (χ0v) is 7.55. The molecule has 2 unspecified atom stereocenters. The van der Waals surface area contributed by atoms with Crippen LogP contribution in [0.1, 0.15) is 12.0 Å². The van der Waals surface area contributed by atoms with Crippen LogP contribution in [0.3, 0.4) is 0 Å². The minimum Gasteiger partial charge on any atom is -0.481 e. The Bertz CT molecular complexity index is 352. The van der Waals surface area contributed by atoms with Gasteiger partial charge in [0.15, 0.2) is 0 Å². The van der Waals surface area contributed by atoms with Crippen LogP contribution in [-0.2, 0) is 10.2 Å². The molecule has 1 fully saturated rings. The maximum absolute atomic E-state index is 11.1. The Balaban J connectivity index is 2.36. The van der Waals surface area contributed by atoms with Gasteiger partial charge in [-0.2, -0.15) is 0 Å². The first-order chi connectivity index (χ1) is 6.71. The number of nitrogens with zero attached hydrogens (tertiary/aromatic N) is 1. The Kier molecular flexibility index (Phi) is 2.00. The lowest BCUT2D eigenvalue weighted by Crippen LogP contribution is -2.23. The molecule has 1 heterocycles. The van der Waals surface area contributed by atoms with Gasteiger partial charge in [-0.25, -0.2) is 0 Å². The second-order valence-corrected chi connectivity index (χ2v) is 3.60. The fraction of sp³-hybridized carbons (Fsp3) is 0.400. The largest absolute Gasteiger partial charge is 0.481 e. The van der Waals surface area contributed by atoms with E-state index in [0.717, 1.165) is 5.56 Å². The van der Waals surface area contributed by atoms with Crippen molar-refractivity contribution in [3.05, 3.63) is 30.1 Å². The predicted molar refractivity (Wildman–Crippen MR) is 48.7 cm³/mol. The lowest BCUT2D eigenvalue weighted by atomic mass is 9.94. The van der Waals surface area contributed by atoms with Crippen molar-refractivity contribution in [3.63, 3.8) is 0 Å². The summed E-state index contributed by atoms with van der Waals surface area (Å²) in [5.74, 6) is -1.01. The third-order valence-corrected chi connectivity index (χ3v) is 2.90. The van der Waals surface area contributed by atoms with E-state index in [4.69, 9.17) is 10.2 Å². The van der Waals surface area contributed by atoms with E-state index in [1.54, 1.807) is 24.5 Å². The van der Waals surface area contributed by atoms with Crippen molar-refractivity contribution in [2.75, 3.05) is 6.61 Å². The summed E-state index contributed by atoms with van der Waals surface area (Å²) < 4.78 is 0. The molecule has 0 amide bonds. The van der Waals surface area contributed by atoms with Gasteiger partial charge in [-0.1, -0.05) is 0 Å². The number of aliphatic hydroxyl groups is 1. The summed E-state index contributed by atoms with van der Waals surface area (Å²) in [6, 6.07) is 3.40. The SMILES string of the molecule is O=C(O)C1(c2ccncc2)CC1CO. The van der Waals surface area contributed by atoms with Gasteiger partial charge >= 0.3 is 5.97 Å². The molecule has 1 aliphatic carbocycles. The third-order valence-electron chi connectivity index (χ3n) is 2.90. The molecule has 4 heteroatoms. The summed E-state index contributed by atoms with van der Waals surface area (Å²) in [5, 5.41) is 18.1. The molecule has 1 aromatic heterocycles. The molecular formula is C10H11NO3. The molecule has 4 nitrogen and oxygen atoms in total. The fourth-order valence-corrected chi connectivity index (χ4v) is 1.94. The number of pyridine rings is 1. The number of hydrogen-bond acceptors (Lipinski definition) is 3. The Labute approximate surface area is 81.2 Å². The Morgan fingerprint density at radius 3 is 2.64 bits per heavy atom. The van der Waals surface area contributed by atoms with Gasteiger partial charge in [0.25, 0.3) is 0 Å². The number of aliphatic carboxylic acids is 1. The topological polar surface area (TPSA) is 70.4 Å². The van der Waals surface area contributed by atoms with Crippen molar-refractivity contribution in [2.45, 2.75) is 11.8 Å². The maximum atomic E-state index is 11.1. The standard InChI is InChI=1S/C10H11NO3/c12-6-8-5-10(8,9(13)14)7-1-3-11-4-2-7/h1-4,8,12H,5-6H2,(H,13,14). The average Bonchev–Trinajstić information content (AvgIpc) is 2.94. The van der Waals surface area contributed by atoms with Crippen LogP contribution in [0.2, 0.25) is 0 Å². The van der Waals surface area contributed by atoms with Crippen LogP contribution >= 0.6 is 0 Å². The quantitative estimate of drug-likeness (QED) is 0.729. The molecule has 0 aliphatic heterocycles. The predicted octanol–water partition coefficient (Wildman–Crippen LogP) is 0.416. The summed E-state index contributed by atoms with van der Waals surface area (Å²) >= 11 is 0. The van der Waals surface area contributed by atoms with Gasteiger partial charge in [0.05, 0.1) is 5.41 Å². The van der Waals surface area contributed by atoms with E-state index in [1.165, 1.54) is 0 Å². The maximum Gasteiger partial charge on any atom is 0.314 e. The molecule has 2 atom stereocenters. The molecule has 2 N–H and O–H groups in total. The molecule has 0 radical (unpaired) electrons. The normalized spacial score (nSPS) is 29.9. The van der Waals surface area contributed by atoms with Crippen LogP contribution < -0.4 is 0 Å². The van der Waals surface area contributed by atoms with Gasteiger partial charge < -0.3 is 10.2 Å². The first-order valence-electron chi connectivity index (χ1n) is 4.46. The summed E-state index contributed by atoms with van der Waals surface area (Å²) in [4.78, 5) is 15.0. The van der Waals surface area contributed by atoms with Crippen LogP contribution in [0.4, 0.5) is 0 Å². The summed E-state index contributed by atoms with van der Waals surface area (Å²) in [5.41, 5.74) is -0.128. The number of rotatable bonds is 3. The zero-order chi connectivity index (χ0) is 10.2. The van der Waals surface area contributed by atoms with Gasteiger partial charge in [0.2, 0.25) is 0 Å². The highest BCUT2D eigenvalue weighted by Crippen LogP contribution is 2.54. The van der Waals surface area contributed by atoms with E-state index in [-0.39, 0.29) is 12.5 Å². The second-order valence-electron chi connectivity index (χ2n) is 3.60. The summed E-state index contributed by atoms with van der Waals surface area (Å²) in [6.45, 7) is -0.0748. The third kappa shape index (κ3) is 1.11. The minimum atomic E-state index is -0.863. The van der Waals surface area contributed by atoms with Crippen molar-refractivity contribution in [2.24, 2.45) is 5.92 Å². The van der Waals surface area contributed by atoms with Gasteiger partial charge in [0, 0.05) is 24.9 Å². The molecule has 0 bridgehead atoms. The molecule has 14 heavy (non-hydrogen) atoms. The molecule has 0 spiro atoms. The van der Waals surface area contributed by atoms with Gasteiger partial charge in [-0.05, 0) is 24.1 Å². The number of carboxylic acid groups (broad SMARTS) is 1. The van der Waals surface area contributed by atoms with E-state index in [2.05, 4.69) is 4.98 Å². The molecule has 74 valence electrons. The van der Waals surface area contributed by atoms with E-state index < -0.39 is 11.4 Å². The molecular weight excluding hydrogens is 182 g/mol. The van der Waals surface area contributed by atoms with Crippen molar-refractivity contribution in [1.29, 1.82) is 0 Å². The van der Waals surface area contributed by atoms with Crippen LogP contribution in [-0.4, -0.2) is 27.8 Å². The lowest BCUT2D eigenvalue weighted by Gasteiger charge is -2.11. The number of hydrogen-bond donors (Lipinski definition) is 2. The lowest BCUT2D eigenvalue weighted by molar-refractivity contribution is -0.140. The van der Waals surface area contributed by atoms with Gasteiger partial charge in [0.1, 0.15) is 0 Å². The molecule has 0 saturated heterocycles. The van der Waals surface area contributed by atoms with Crippen LogP contribution in [0.15, 0.2) is 24.5 Å². The first-order valence-corrected chi connectivity index (χ1v) is 4.46. The molecule has 1 saturated carbocycles. The zero-order valence-electron chi connectivity index (χ0n) is 7.55. The van der Waals surface area contributed by atoms with E-state index in [0.29, 0.717) is 6.42 Å². The highest BCUT2D eigenvalue weighted by molar-refractivity contribution is 5.85. The minimum absolute atomic E-state index is 0.0748. The van der Waals surface area contributed by atoms with Crippen molar-refractivity contribution < 1.29 is 15.0 Å². The fourth-order valence-electron chi connectivity index (χ4n) is 1.94. The van der Waals surface area contributed by atoms with E-state index in [9.17, 15) is 4.79 Å². The first kappa shape index (κ1) is 9.15. The Morgan fingerprint density at radius 1 is 1.57 bits per heavy atom. The summed E-state index contributed by atoms with van der Waals surface area (Å²) in [6.07, 6.45) is 3.67. The van der Waals surface area contributed by atoms with E-state index >= 15 is 0 Å².